The predicted octanol–water partition coefficient (Wildman–Crippen LogP) is 4.93. The first kappa shape index (κ1) is 21.4. The molecular weight excluding hydrogens is 380 g/mol. The Morgan fingerprint density at radius 1 is 1.38 bits per heavy atom. The van der Waals surface area contributed by atoms with Crippen molar-refractivity contribution in [2.75, 3.05) is 6.54 Å². The Kier molecular flexibility index (Phi) is 7.69. The molecule has 0 radical (unpaired) electrons. The number of hydrogen-bond donors (Lipinski definition) is 1. The smallest absolute Gasteiger partial charge is 0.233 e. The molecule has 0 bridgehead atoms. The van der Waals surface area contributed by atoms with Crippen molar-refractivity contribution in [3.8, 4) is 11.4 Å². The summed E-state index contributed by atoms with van der Waals surface area (Å²) in [5.41, 5.74) is 3.67. The fourth-order valence-electron chi connectivity index (χ4n) is 3.50. The van der Waals surface area contributed by atoms with E-state index in [0.29, 0.717) is 13.1 Å². The monoisotopic (exact) mass is 410 g/mol. The van der Waals surface area contributed by atoms with Gasteiger partial charge < -0.3 is 5.32 Å². The lowest BCUT2D eigenvalue weighted by Gasteiger charge is -2.15. The molecule has 3 rings (SSSR count). The van der Waals surface area contributed by atoms with E-state index in [1.165, 1.54) is 48.6 Å². The summed E-state index contributed by atoms with van der Waals surface area (Å²) in [5, 5.41) is 12.3. The van der Waals surface area contributed by atoms with Crippen molar-refractivity contribution >= 4 is 17.7 Å². The van der Waals surface area contributed by atoms with Crippen LogP contribution in [0.5, 0.6) is 0 Å². The largest absolute Gasteiger partial charge is 0.355 e. The van der Waals surface area contributed by atoms with Gasteiger partial charge in [0.2, 0.25) is 5.91 Å². The third kappa shape index (κ3) is 5.82. The van der Waals surface area contributed by atoms with E-state index in [9.17, 15) is 4.79 Å². The second-order valence-electron chi connectivity index (χ2n) is 7.48. The molecule has 29 heavy (non-hydrogen) atoms. The maximum absolute atomic E-state index is 12.6. The number of benzene rings is 1. The van der Waals surface area contributed by atoms with E-state index in [0.717, 1.165) is 23.0 Å². The Bertz CT molecular complexity index is 887. The summed E-state index contributed by atoms with van der Waals surface area (Å²) in [5.74, 6) is 0.838. The normalized spacial score (nSPS) is 14.9. The molecule has 1 heterocycles. The standard InChI is InChI=1S/C23H30N4OS/c1-4-15-27-21(20-12-8-9-17(2)16-20)25-26-23(27)29-18(3)22(28)24-14-13-19-10-6-5-7-11-19/h4,8-10,12,16,18H,1,5-7,11,13-15H2,2-3H3,(H,24,28). The first-order valence-electron chi connectivity index (χ1n) is 10.3. The minimum atomic E-state index is -0.242. The summed E-state index contributed by atoms with van der Waals surface area (Å²) < 4.78 is 2.02. The molecule has 0 fully saturated rings. The topological polar surface area (TPSA) is 59.8 Å². The number of nitrogens with zero attached hydrogens (tertiary/aromatic N) is 3. The van der Waals surface area contributed by atoms with Crippen molar-refractivity contribution in [3.63, 3.8) is 0 Å². The molecule has 1 aliphatic carbocycles. The van der Waals surface area contributed by atoms with Gasteiger partial charge in [0.15, 0.2) is 11.0 Å². The van der Waals surface area contributed by atoms with Crippen molar-refractivity contribution < 1.29 is 4.79 Å². The highest BCUT2D eigenvalue weighted by Crippen LogP contribution is 2.27. The molecular formula is C23H30N4OS. The van der Waals surface area contributed by atoms with Crippen LogP contribution in [0.2, 0.25) is 0 Å². The Hall–Kier alpha value is -2.34. The van der Waals surface area contributed by atoms with Crippen LogP contribution in [0.3, 0.4) is 0 Å². The van der Waals surface area contributed by atoms with Gasteiger partial charge in [-0.15, -0.1) is 16.8 Å². The maximum atomic E-state index is 12.6. The van der Waals surface area contributed by atoms with Crippen LogP contribution in [0.25, 0.3) is 11.4 Å². The van der Waals surface area contributed by atoms with Gasteiger partial charge in [0, 0.05) is 18.7 Å². The first-order valence-corrected chi connectivity index (χ1v) is 11.2. The van der Waals surface area contributed by atoms with Gasteiger partial charge >= 0.3 is 0 Å². The van der Waals surface area contributed by atoms with Gasteiger partial charge in [0.05, 0.1) is 5.25 Å². The van der Waals surface area contributed by atoms with E-state index >= 15 is 0 Å². The Balaban J connectivity index is 1.63. The van der Waals surface area contributed by atoms with Gasteiger partial charge in [-0.2, -0.15) is 0 Å². The molecule has 154 valence electrons. The second kappa shape index (κ2) is 10.4. The van der Waals surface area contributed by atoms with Crippen LogP contribution in [0, 0.1) is 6.92 Å². The van der Waals surface area contributed by atoms with Crippen LogP contribution in [0.1, 0.15) is 44.6 Å². The number of amides is 1. The average molecular weight is 411 g/mol. The lowest BCUT2D eigenvalue weighted by Crippen LogP contribution is -2.32. The van der Waals surface area contributed by atoms with Gasteiger partial charge in [-0.05, 0) is 52.0 Å². The number of aryl methyl sites for hydroxylation is 1. The van der Waals surface area contributed by atoms with E-state index < -0.39 is 0 Å². The van der Waals surface area contributed by atoms with Crippen molar-refractivity contribution in [1.29, 1.82) is 0 Å². The van der Waals surface area contributed by atoms with E-state index in [4.69, 9.17) is 0 Å². The fourth-order valence-corrected chi connectivity index (χ4v) is 4.38. The van der Waals surface area contributed by atoms with Crippen LogP contribution < -0.4 is 5.32 Å². The van der Waals surface area contributed by atoms with Gasteiger partial charge in [0.25, 0.3) is 0 Å². The Labute approximate surface area is 177 Å². The van der Waals surface area contributed by atoms with Gasteiger partial charge in [-0.25, -0.2) is 0 Å². The number of thioether (sulfide) groups is 1. The molecule has 0 spiro atoms. The highest BCUT2D eigenvalue weighted by atomic mass is 32.2. The molecule has 1 unspecified atom stereocenters. The molecule has 5 nitrogen and oxygen atoms in total. The molecule has 1 aromatic carbocycles. The van der Waals surface area contributed by atoms with E-state index in [2.05, 4.69) is 47.2 Å². The van der Waals surface area contributed by atoms with Gasteiger partial charge in [-0.3, -0.25) is 9.36 Å². The summed E-state index contributed by atoms with van der Waals surface area (Å²) in [6.07, 6.45) is 10.0. The Morgan fingerprint density at radius 2 is 2.24 bits per heavy atom. The summed E-state index contributed by atoms with van der Waals surface area (Å²) >= 11 is 1.44. The predicted molar refractivity (Wildman–Crippen MR) is 120 cm³/mol. The van der Waals surface area contributed by atoms with Gasteiger partial charge in [0.1, 0.15) is 0 Å². The molecule has 1 aliphatic rings. The fraction of sp³-hybridized carbons (Fsp3) is 0.435. The number of aromatic nitrogens is 3. The van der Waals surface area contributed by atoms with Crippen LogP contribution in [-0.2, 0) is 11.3 Å². The van der Waals surface area contributed by atoms with Gasteiger partial charge in [-0.1, -0.05) is 53.2 Å². The third-order valence-electron chi connectivity index (χ3n) is 5.09. The lowest BCUT2D eigenvalue weighted by molar-refractivity contribution is -0.120. The highest BCUT2D eigenvalue weighted by Gasteiger charge is 2.20. The van der Waals surface area contributed by atoms with Crippen molar-refractivity contribution in [1.82, 2.24) is 20.1 Å². The number of allylic oxidation sites excluding steroid dienone is 2. The number of hydrogen-bond acceptors (Lipinski definition) is 4. The van der Waals surface area contributed by atoms with Crippen molar-refractivity contribution in [2.45, 2.75) is 62.9 Å². The maximum Gasteiger partial charge on any atom is 0.233 e. The second-order valence-corrected chi connectivity index (χ2v) is 8.79. The van der Waals surface area contributed by atoms with E-state index in [1.807, 2.05) is 29.7 Å². The molecule has 1 atom stereocenters. The number of nitrogens with one attached hydrogen (secondary N) is 1. The van der Waals surface area contributed by atoms with E-state index in [-0.39, 0.29) is 11.2 Å². The SMILES string of the molecule is C=CCn1c(SC(C)C(=O)NCCC2=CCCCC2)nnc1-c1cccc(C)c1. The summed E-state index contributed by atoms with van der Waals surface area (Å²) in [4.78, 5) is 12.6. The zero-order chi connectivity index (χ0) is 20.6. The Morgan fingerprint density at radius 3 is 2.97 bits per heavy atom. The number of carbonyl (C=O) groups is 1. The highest BCUT2D eigenvalue weighted by molar-refractivity contribution is 8.00. The third-order valence-corrected chi connectivity index (χ3v) is 6.17. The molecule has 0 aliphatic heterocycles. The molecule has 1 amide bonds. The van der Waals surface area contributed by atoms with Crippen LogP contribution >= 0.6 is 11.8 Å². The molecule has 6 heteroatoms. The first-order chi connectivity index (χ1) is 14.1. The average Bonchev–Trinajstić information content (AvgIpc) is 3.11. The van der Waals surface area contributed by atoms with Crippen LogP contribution in [0.15, 0.2) is 53.7 Å². The van der Waals surface area contributed by atoms with E-state index in [1.54, 1.807) is 0 Å². The number of rotatable bonds is 9. The van der Waals surface area contributed by atoms with Crippen molar-refractivity contribution in [3.05, 3.63) is 54.1 Å². The van der Waals surface area contributed by atoms with Crippen LogP contribution in [0.4, 0.5) is 0 Å². The zero-order valence-corrected chi connectivity index (χ0v) is 18.2. The summed E-state index contributed by atoms with van der Waals surface area (Å²) in [6, 6.07) is 8.20. The molecule has 0 saturated carbocycles. The molecule has 2 aromatic rings. The quantitative estimate of drug-likeness (QED) is 0.470. The number of carbonyl (C=O) groups excluding carboxylic acids is 1. The zero-order valence-electron chi connectivity index (χ0n) is 17.4. The minimum absolute atomic E-state index is 0.0386. The van der Waals surface area contributed by atoms with Crippen LogP contribution in [-0.4, -0.2) is 32.5 Å². The summed E-state index contributed by atoms with van der Waals surface area (Å²) in [6.45, 7) is 9.13. The van der Waals surface area contributed by atoms with Crippen molar-refractivity contribution in [2.24, 2.45) is 0 Å². The minimum Gasteiger partial charge on any atom is -0.355 e. The molecule has 1 N–H and O–H groups in total. The summed E-state index contributed by atoms with van der Waals surface area (Å²) in [7, 11) is 0. The molecule has 1 aromatic heterocycles. The lowest BCUT2D eigenvalue weighted by atomic mass is 9.97. The molecule has 0 saturated heterocycles.